The van der Waals surface area contributed by atoms with E-state index in [4.69, 9.17) is 0 Å². The second-order valence-electron chi connectivity index (χ2n) is 6.75. The highest BCUT2D eigenvalue weighted by Crippen LogP contribution is 2.34. The second kappa shape index (κ2) is 8.88. The maximum atomic E-state index is 13.1. The average molecular weight is 415 g/mol. The third-order valence-electron chi connectivity index (χ3n) is 4.62. The Balaban J connectivity index is 1.73. The molecular weight excluding hydrogens is 391 g/mol. The van der Waals surface area contributed by atoms with Crippen LogP contribution in [-0.2, 0) is 10.5 Å². The van der Waals surface area contributed by atoms with Gasteiger partial charge in [-0.25, -0.2) is 9.37 Å². The van der Waals surface area contributed by atoms with Crippen LogP contribution in [0.2, 0.25) is 0 Å². The molecule has 0 aliphatic heterocycles. The van der Waals surface area contributed by atoms with Crippen molar-refractivity contribution >= 4 is 39.8 Å². The maximum Gasteiger partial charge on any atom is 0.230 e. The van der Waals surface area contributed by atoms with Crippen molar-refractivity contribution in [3.05, 3.63) is 76.0 Å². The number of thiazole rings is 1. The van der Waals surface area contributed by atoms with E-state index in [2.05, 4.69) is 18.8 Å². The molecule has 0 N–H and O–H groups in total. The Morgan fingerprint density at radius 3 is 2.54 bits per heavy atom. The van der Waals surface area contributed by atoms with Crippen molar-refractivity contribution < 1.29 is 9.18 Å². The SMILES string of the molecule is CC(=O)N(c1ccc(C)c(C)c1)c1nc(CSC(C)c2ccc(F)cc2)cs1. The first-order valence-corrected chi connectivity index (χ1v) is 11.0. The van der Waals surface area contributed by atoms with Gasteiger partial charge in [0, 0.05) is 23.3 Å². The number of halogens is 1. The van der Waals surface area contributed by atoms with Gasteiger partial charge in [0.2, 0.25) is 5.91 Å². The first-order valence-electron chi connectivity index (χ1n) is 9.04. The van der Waals surface area contributed by atoms with Crippen LogP contribution in [0.15, 0.2) is 47.8 Å². The van der Waals surface area contributed by atoms with Gasteiger partial charge in [0.25, 0.3) is 0 Å². The number of benzene rings is 2. The van der Waals surface area contributed by atoms with Crippen molar-refractivity contribution in [1.82, 2.24) is 4.98 Å². The molecule has 0 fully saturated rings. The molecule has 2 aromatic carbocycles. The van der Waals surface area contributed by atoms with E-state index in [1.807, 2.05) is 42.6 Å². The summed E-state index contributed by atoms with van der Waals surface area (Å²) in [4.78, 5) is 18.6. The van der Waals surface area contributed by atoms with Gasteiger partial charge >= 0.3 is 0 Å². The zero-order valence-corrected chi connectivity index (χ0v) is 18.0. The van der Waals surface area contributed by atoms with Gasteiger partial charge in [-0.15, -0.1) is 23.1 Å². The molecule has 1 atom stereocenters. The molecule has 0 aliphatic rings. The summed E-state index contributed by atoms with van der Waals surface area (Å²) in [5.41, 5.74) is 5.20. The van der Waals surface area contributed by atoms with E-state index in [1.54, 1.807) is 23.6 Å². The minimum absolute atomic E-state index is 0.0588. The smallest absolute Gasteiger partial charge is 0.230 e. The van der Waals surface area contributed by atoms with Gasteiger partial charge in [-0.2, -0.15) is 0 Å². The summed E-state index contributed by atoms with van der Waals surface area (Å²) in [6.07, 6.45) is 0. The van der Waals surface area contributed by atoms with Crippen molar-refractivity contribution in [2.24, 2.45) is 0 Å². The topological polar surface area (TPSA) is 33.2 Å². The standard InChI is InChI=1S/C22H23FN2OS2/c1-14-5-10-21(11-15(14)2)25(17(4)26)22-24-20(13-28-22)12-27-16(3)18-6-8-19(23)9-7-18/h5-11,13,16H,12H2,1-4H3. The third kappa shape index (κ3) is 4.80. The Morgan fingerprint density at radius 1 is 1.18 bits per heavy atom. The molecule has 3 nitrogen and oxygen atoms in total. The quantitative estimate of drug-likeness (QED) is 0.457. The molecule has 1 unspecified atom stereocenters. The highest BCUT2D eigenvalue weighted by molar-refractivity contribution is 7.98. The Morgan fingerprint density at radius 2 is 1.89 bits per heavy atom. The van der Waals surface area contributed by atoms with Crippen LogP contribution in [0.4, 0.5) is 15.2 Å². The largest absolute Gasteiger partial charge is 0.274 e. The van der Waals surface area contributed by atoms with Gasteiger partial charge in [-0.3, -0.25) is 9.69 Å². The molecule has 0 bridgehead atoms. The number of thioether (sulfide) groups is 1. The lowest BCUT2D eigenvalue weighted by Gasteiger charge is -2.19. The fraction of sp³-hybridized carbons (Fsp3) is 0.273. The van der Waals surface area contributed by atoms with Crippen LogP contribution in [0.25, 0.3) is 0 Å². The number of anilines is 2. The van der Waals surface area contributed by atoms with E-state index >= 15 is 0 Å². The van der Waals surface area contributed by atoms with Crippen LogP contribution in [0.3, 0.4) is 0 Å². The molecule has 0 spiro atoms. The van der Waals surface area contributed by atoms with Crippen molar-refractivity contribution in [2.45, 2.75) is 38.7 Å². The lowest BCUT2D eigenvalue weighted by atomic mass is 10.1. The summed E-state index contributed by atoms with van der Waals surface area (Å²) in [5, 5.41) is 2.91. The van der Waals surface area contributed by atoms with E-state index in [0.717, 1.165) is 28.3 Å². The number of hydrogen-bond acceptors (Lipinski definition) is 4. The zero-order valence-electron chi connectivity index (χ0n) is 16.4. The highest BCUT2D eigenvalue weighted by Gasteiger charge is 2.19. The van der Waals surface area contributed by atoms with E-state index in [-0.39, 0.29) is 17.0 Å². The van der Waals surface area contributed by atoms with Gasteiger partial charge in [0.15, 0.2) is 5.13 Å². The Kier molecular flexibility index (Phi) is 6.52. The molecule has 3 rings (SSSR count). The minimum Gasteiger partial charge on any atom is -0.274 e. The molecule has 6 heteroatoms. The normalized spacial score (nSPS) is 12.0. The molecular formula is C22H23FN2OS2. The number of hydrogen-bond donors (Lipinski definition) is 0. The third-order valence-corrected chi connectivity index (χ3v) is 6.72. The number of carbonyl (C=O) groups is 1. The number of aromatic nitrogens is 1. The second-order valence-corrected chi connectivity index (χ2v) is 8.91. The maximum absolute atomic E-state index is 13.1. The molecule has 0 radical (unpaired) electrons. The van der Waals surface area contributed by atoms with E-state index in [1.165, 1.54) is 29.0 Å². The Hall–Kier alpha value is -2.18. The summed E-state index contributed by atoms with van der Waals surface area (Å²) in [7, 11) is 0. The van der Waals surface area contributed by atoms with Gasteiger partial charge in [-0.1, -0.05) is 18.2 Å². The molecule has 3 aromatic rings. The number of amides is 1. The zero-order chi connectivity index (χ0) is 20.3. The van der Waals surface area contributed by atoms with Gasteiger partial charge in [0.05, 0.1) is 11.4 Å². The summed E-state index contributed by atoms with van der Waals surface area (Å²) >= 11 is 3.21. The van der Waals surface area contributed by atoms with Crippen LogP contribution < -0.4 is 4.90 Å². The summed E-state index contributed by atoms with van der Waals surface area (Å²) in [5.74, 6) is 0.450. The molecule has 0 saturated carbocycles. The van der Waals surface area contributed by atoms with Crippen LogP contribution in [0, 0.1) is 19.7 Å². The van der Waals surface area contributed by atoms with Gasteiger partial charge in [0.1, 0.15) is 5.82 Å². The number of carbonyl (C=O) groups excluding carboxylic acids is 1. The average Bonchev–Trinajstić information content (AvgIpc) is 3.11. The number of rotatable bonds is 6. The summed E-state index contributed by atoms with van der Waals surface area (Å²) < 4.78 is 13.1. The lowest BCUT2D eigenvalue weighted by Crippen LogP contribution is -2.22. The van der Waals surface area contributed by atoms with E-state index in [0.29, 0.717) is 5.13 Å². The Bertz CT molecular complexity index is 969. The van der Waals surface area contributed by atoms with Gasteiger partial charge < -0.3 is 0 Å². The summed E-state index contributed by atoms with van der Waals surface area (Å²) in [6, 6.07) is 12.6. The fourth-order valence-corrected chi connectivity index (χ4v) is 4.71. The van der Waals surface area contributed by atoms with Crippen LogP contribution in [0.1, 0.15) is 41.5 Å². The first kappa shape index (κ1) is 20.6. The highest BCUT2D eigenvalue weighted by atomic mass is 32.2. The first-order chi connectivity index (χ1) is 13.3. The predicted molar refractivity (Wildman–Crippen MR) is 117 cm³/mol. The van der Waals surface area contributed by atoms with E-state index < -0.39 is 0 Å². The molecule has 28 heavy (non-hydrogen) atoms. The fourth-order valence-electron chi connectivity index (χ4n) is 2.80. The minimum atomic E-state index is -0.222. The van der Waals surface area contributed by atoms with Gasteiger partial charge in [-0.05, 0) is 61.7 Å². The number of aryl methyl sites for hydroxylation is 2. The molecule has 146 valence electrons. The van der Waals surface area contributed by atoms with Crippen molar-refractivity contribution in [3.8, 4) is 0 Å². The number of nitrogens with zero attached hydrogens (tertiary/aromatic N) is 2. The molecule has 1 heterocycles. The monoisotopic (exact) mass is 414 g/mol. The van der Waals surface area contributed by atoms with Crippen LogP contribution >= 0.6 is 23.1 Å². The van der Waals surface area contributed by atoms with Crippen molar-refractivity contribution in [1.29, 1.82) is 0 Å². The Labute approximate surface area is 173 Å². The molecule has 0 saturated heterocycles. The van der Waals surface area contributed by atoms with Crippen molar-refractivity contribution in [2.75, 3.05) is 4.90 Å². The van der Waals surface area contributed by atoms with Crippen molar-refractivity contribution in [3.63, 3.8) is 0 Å². The lowest BCUT2D eigenvalue weighted by molar-refractivity contribution is -0.115. The predicted octanol–water partition coefficient (Wildman–Crippen LogP) is 6.58. The molecule has 1 amide bonds. The summed E-state index contributed by atoms with van der Waals surface area (Å²) in [6.45, 7) is 7.75. The molecule has 1 aromatic heterocycles. The molecule has 0 aliphatic carbocycles. The van der Waals surface area contributed by atoms with Crippen LogP contribution in [-0.4, -0.2) is 10.9 Å². The van der Waals surface area contributed by atoms with E-state index in [9.17, 15) is 9.18 Å². The van der Waals surface area contributed by atoms with Crippen LogP contribution in [0.5, 0.6) is 0 Å².